The summed E-state index contributed by atoms with van der Waals surface area (Å²) in [6, 6.07) is 0. The summed E-state index contributed by atoms with van der Waals surface area (Å²) in [4.78, 5) is 11.6. The van der Waals surface area contributed by atoms with Crippen molar-refractivity contribution in [2.45, 2.75) is 63.5 Å². The van der Waals surface area contributed by atoms with E-state index in [-0.39, 0.29) is 11.4 Å². The average Bonchev–Trinajstić information content (AvgIpc) is 2.26. The highest BCUT2D eigenvalue weighted by Gasteiger charge is 2.29. The predicted octanol–water partition coefficient (Wildman–Crippen LogP) is 0.925. The summed E-state index contributed by atoms with van der Waals surface area (Å²) in [6.45, 7) is 2.23. The zero-order valence-electron chi connectivity index (χ0n) is 10.2. The second-order valence-corrected chi connectivity index (χ2v) is 4.97. The molecule has 1 atom stereocenters. The third kappa shape index (κ3) is 4.49. The summed E-state index contributed by atoms with van der Waals surface area (Å²) in [7, 11) is 0. The number of hydrogen-bond acceptors (Lipinski definition) is 3. The van der Waals surface area contributed by atoms with Crippen LogP contribution in [0.4, 0.5) is 0 Å². The minimum absolute atomic E-state index is 0.0306. The predicted molar refractivity (Wildman–Crippen MR) is 63.9 cm³/mol. The molecule has 0 bridgehead atoms. The van der Waals surface area contributed by atoms with Crippen LogP contribution in [-0.2, 0) is 4.79 Å². The topological polar surface area (TPSA) is 75.3 Å². The fourth-order valence-electron chi connectivity index (χ4n) is 2.19. The SMILES string of the molecule is CCC(O)CNC(=O)CC1(N)CCCCC1. The number of aliphatic hydroxyl groups is 1. The molecule has 0 aliphatic heterocycles. The Labute approximate surface area is 97.6 Å². The molecule has 16 heavy (non-hydrogen) atoms. The van der Waals surface area contributed by atoms with E-state index in [1.807, 2.05) is 6.92 Å². The number of carbonyl (C=O) groups excluding carboxylic acids is 1. The lowest BCUT2D eigenvalue weighted by molar-refractivity contribution is -0.123. The van der Waals surface area contributed by atoms with E-state index in [0.717, 1.165) is 25.7 Å². The Hall–Kier alpha value is -0.610. The Balaban J connectivity index is 2.27. The molecule has 4 nitrogen and oxygen atoms in total. The molecule has 0 heterocycles. The summed E-state index contributed by atoms with van der Waals surface area (Å²) >= 11 is 0. The number of rotatable bonds is 5. The third-order valence-electron chi connectivity index (χ3n) is 3.37. The van der Waals surface area contributed by atoms with Gasteiger partial charge in [-0.25, -0.2) is 0 Å². The Morgan fingerprint density at radius 2 is 2.06 bits per heavy atom. The normalized spacial score (nSPS) is 21.4. The second-order valence-electron chi connectivity index (χ2n) is 4.97. The largest absolute Gasteiger partial charge is 0.391 e. The lowest BCUT2D eigenvalue weighted by Crippen LogP contribution is -2.46. The lowest BCUT2D eigenvalue weighted by Gasteiger charge is -2.32. The van der Waals surface area contributed by atoms with Crippen LogP contribution in [0.2, 0.25) is 0 Å². The first kappa shape index (κ1) is 13.5. The fraction of sp³-hybridized carbons (Fsp3) is 0.917. The molecular weight excluding hydrogens is 204 g/mol. The molecule has 1 rings (SSSR count). The van der Waals surface area contributed by atoms with Crippen molar-refractivity contribution in [3.8, 4) is 0 Å². The van der Waals surface area contributed by atoms with Gasteiger partial charge in [0.15, 0.2) is 0 Å². The number of carbonyl (C=O) groups is 1. The van der Waals surface area contributed by atoms with Crippen LogP contribution in [0.25, 0.3) is 0 Å². The van der Waals surface area contributed by atoms with Gasteiger partial charge in [-0.3, -0.25) is 4.79 Å². The number of aliphatic hydroxyl groups excluding tert-OH is 1. The molecule has 1 aliphatic carbocycles. The third-order valence-corrected chi connectivity index (χ3v) is 3.37. The quantitative estimate of drug-likeness (QED) is 0.655. The molecule has 94 valence electrons. The van der Waals surface area contributed by atoms with E-state index in [1.54, 1.807) is 0 Å². The maximum atomic E-state index is 11.6. The smallest absolute Gasteiger partial charge is 0.221 e. The molecule has 0 aromatic heterocycles. The van der Waals surface area contributed by atoms with Gasteiger partial charge in [-0.05, 0) is 19.3 Å². The van der Waals surface area contributed by atoms with Gasteiger partial charge in [-0.15, -0.1) is 0 Å². The first-order valence-electron chi connectivity index (χ1n) is 6.29. The van der Waals surface area contributed by atoms with Crippen molar-refractivity contribution in [3.63, 3.8) is 0 Å². The summed E-state index contributed by atoms with van der Waals surface area (Å²) in [5.41, 5.74) is 5.87. The van der Waals surface area contributed by atoms with E-state index < -0.39 is 6.10 Å². The molecule has 0 saturated heterocycles. The molecule has 1 saturated carbocycles. The van der Waals surface area contributed by atoms with Gasteiger partial charge in [-0.2, -0.15) is 0 Å². The van der Waals surface area contributed by atoms with Crippen molar-refractivity contribution in [1.29, 1.82) is 0 Å². The summed E-state index contributed by atoms with van der Waals surface area (Å²) < 4.78 is 0. The summed E-state index contributed by atoms with van der Waals surface area (Å²) in [6.07, 6.45) is 5.98. The van der Waals surface area contributed by atoms with Crippen LogP contribution < -0.4 is 11.1 Å². The summed E-state index contributed by atoms with van der Waals surface area (Å²) in [5.74, 6) is -0.0306. The van der Waals surface area contributed by atoms with Crippen LogP contribution in [0.15, 0.2) is 0 Å². The van der Waals surface area contributed by atoms with E-state index in [4.69, 9.17) is 5.73 Å². The Morgan fingerprint density at radius 1 is 1.44 bits per heavy atom. The Morgan fingerprint density at radius 3 is 2.62 bits per heavy atom. The van der Waals surface area contributed by atoms with Crippen LogP contribution in [0.1, 0.15) is 51.9 Å². The molecule has 0 aromatic rings. The molecule has 1 amide bonds. The van der Waals surface area contributed by atoms with Gasteiger partial charge in [0.05, 0.1) is 6.10 Å². The fourth-order valence-corrected chi connectivity index (χ4v) is 2.19. The molecule has 1 fully saturated rings. The number of nitrogens with two attached hydrogens (primary N) is 1. The van der Waals surface area contributed by atoms with E-state index >= 15 is 0 Å². The summed E-state index contributed by atoms with van der Waals surface area (Å²) in [5, 5.41) is 12.1. The molecule has 1 aliphatic rings. The van der Waals surface area contributed by atoms with Crippen molar-refractivity contribution < 1.29 is 9.90 Å². The van der Waals surface area contributed by atoms with Gasteiger partial charge >= 0.3 is 0 Å². The van der Waals surface area contributed by atoms with Gasteiger partial charge in [-0.1, -0.05) is 26.2 Å². The number of amides is 1. The van der Waals surface area contributed by atoms with Gasteiger partial charge < -0.3 is 16.2 Å². The maximum Gasteiger partial charge on any atom is 0.221 e. The van der Waals surface area contributed by atoms with Crippen LogP contribution >= 0.6 is 0 Å². The highest BCUT2D eigenvalue weighted by molar-refractivity contribution is 5.77. The second kappa shape index (κ2) is 6.21. The number of hydrogen-bond donors (Lipinski definition) is 3. The van der Waals surface area contributed by atoms with Crippen LogP contribution in [-0.4, -0.2) is 29.2 Å². The van der Waals surface area contributed by atoms with Crippen LogP contribution in [0.3, 0.4) is 0 Å². The van der Waals surface area contributed by atoms with Crippen molar-refractivity contribution in [3.05, 3.63) is 0 Å². The highest BCUT2D eigenvalue weighted by atomic mass is 16.3. The zero-order valence-corrected chi connectivity index (χ0v) is 10.2. The monoisotopic (exact) mass is 228 g/mol. The van der Waals surface area contributed by atoms with E-state index in [0.29, 0.717) is 19.4 Å². The first-order valence-corrected chi connectivity index (χ1v) is 6.29. The molecule has 4 heteroatoms. The van der Waals surface area contributed by atoms with Crippen LogP contribution in [0, 0.1) is 0 Å². The van der Waals surface area contributed by atoms with E-state index in [2.05, 4.69) is 5.32 Å². The van der Waals surface area contributed by atoms with E-state index in [9.17, 15) is 9.90 Å². The maximum absolute atomic E-state index is 11.6. The van der Waals surface area contributed by atoms with Crippen molar-refractivity contribution in [2.24, 2.45) is 5.73 Å². The molecular formula is C12H24N2O2. The van der Waals surface area contributed by atoms with Gasteiger partial charge in [0.1, 0.15) is 0 Å². The van der Waals surface area contributed by atoms with Crippen molar-refractivity contribution in [1.82, 2.24) is 5.32 Å². The highest BCUT2D eigenvalue weighted by Crippen LogP contribution is 2.28. The Kier molecular flexibility index (Phi) is 5.22. The van der Waals surface area contributed by atoms with Crippen LogP contribution in [0.5, 0.6) is 0 Å². The van der Waals surface area contributed by atoms with Gasteiger partial charge in [0.25, 0.3) is 0 Å². The molecule has 0 radical (unpaired) electrons. The average molecular weight is 228 g/mol. The Bertz CT molecular complexity index is 225. The molecule has 4 N–H and O–H groups in total. The minimum atomic E-state index is -0.441. The molecule has 0 spiro atoms. The molecule has 1 unspecified atom stereocenters. The van der Waals surface area contributed by atoms with Crippen molar-refractivity contribution in [2.75, 3.05) is 6.54 Å². The van der Waals surface area contributed by atoms with E-state index in [1.165, 1.54) is 6.42 Å². The number of nitrogens with one attached hydrogen (secondary N) is 1. The zero-order chi connectivity index (χ0) is 12.0. The first-order chi connectivity index (χ1) is 7.56. The van der Waals surface area contributed by atoms with Gasteiger partial charge in [0.2, 0.25) is 5.91 Å². The van der Waals surface area contributed by atoms with Crippen molar-refractivity contribution >= 4 is 5.91 Å². The van der Waals surface area contributed by atoms with Gasteiger partial charge in [0, 0.05) is 18.5 Å². The lowest BCUT2D eigenvalue weighted by atomic mass is 9.80. The minimum Gasteiger partial charge on any atom is -0.391 e. The molecule has 0 aromatic carbocycles. The standard InChI is InChI=1S/C12H24N2O2/c1-2-10(15)9-14-11(16)8-12(13)6-4-3-5-7-12/h10,15H,2-9,13H2,1H3,(H,14,16).